The third kappa shape index (κ3) is 0.816. The summed E-state index contributed by atoms with van der Waals surface area (Å²) in [4.78, 5) is 0. The molecule has 64 valence electrons. The summed E-state index contributed by atoms with van der Waals surface area (Å²) in [5, 5.41) is 0. The molecule has 2 aliphatic carbocycles. The standard InChI is InChI=1S/C11H20/c1-4-5-9-6-7-10(2)8-11(9,10)3/h9H,4-8H2,1-3H3. The minimum Gasteiger partial charge on any atom is -0.0654 e. The van der Waals surface area contributed by atoms with E-state index in [1.807, 2.05) is 0 Å². The van der Waals surface area contributed by atoms with Gasteiger partial charge in [-0.3, -0.25) is 0 Å². The quantitative estimate of drug-likeness (QED) is 0.567. The van der Waals surface area contributed by atoms with Crippen LogP contribution in [0.25, 0.3) is 0 Å². The van der Waals surface area contributed by atoms with E-state index in [0.29, 0.717) is 0 Å². The molecule has 11 heavy (non-hydrogen) atoms. The second-order valence-corrected chi connectivity index (χ2v) is 5.18. The summed E-state index contributed by atoms with van der Waals surface area (Å²) in [5.41, 5.74) is 1.54. The Morgan fingerprint density at radius 1 is 1.36 bits per heavy atom. The van der Waals surface area contributed by atoms with Crippen LogP contribution in [-0.4, -0.2) is 0 Å². The van der Waals surface area contributed by atoms with Gasteiger partial charge in [0.05, 0.1) is 0 Å². The van der Waals surface area contributed by atoms with E-state index in [1.165, 1.54) is 32.1 Å². The zero-order valence-corrected chi connectivity index (χ0v) is 8.11. The first-order valence-corrected chi connectivity index (χ1v) is 5.12. The fraction of sp³-hybridized carbons (Fsp3) is 1.00. The highest BCUT2D eigenvalue weighted by Crippen LogP contribution is 2.76. The van der Waals surface area contributed by atoms with Crippen LogP contribution in [0.2, 0.25) is 0 Å². The summed E-state index contributed by atoms with van der Waals surface area (Å²) in [5.74, 6) is 1.07. The average Bonchev–Trinajstić information content (AvgIpc) is 2.41. The predicted molar refractivity (Wildman–Crippen MR) is 48.5 cm³/mol. The lowest BCUT2D eigenvalue weighted by atomic mass is 9.87. The maximum Gasteiger partial charge on any atom is -0.0238 e. The maximum atomic E-state index is 2.51. The second kappa shape index (κ2) is 2.02. The third-order valence-electron chi connectivity index (χ3n) is 4.59. The van der Waals surface area contributed by atoms with Gasteiger partial charge in [-0.25, -0.2) is 0 Å². The van der Waals surface area contributed by atoms with E-state index in [0.717, 1.165) is 16.7 Å². The Kier molecular flexibility index (Phi) is 1.41. The van der Waals surface area contributed by atoms with Gasteiger partial charge in [0.15, 0.2) is 0 Å². The van der Waals surface area contributed by atoms with E-state index in [4.69, 9.17) is 0 Å². The first kappa shape index (κ1) is 7.64. The largest absolute Gasteiger partial charge is 0.0654 e. The van der Waals surface area contributed by atoms with Gasteiger partial charge in [0, 0.05) is 0 Å². The van der Waals surface area contributed by atoms with Crippen LogP contribution >= 0.6 is 0 Å². The van der Waals surface area contributed by atoms with Gasteiger partial charge in [0.25, 0.3) is 0 Å². The highest BCUT2D eigenvalue weighted by atomic mass is 14.7. The molecule has 0 N–H and O–H groups in total. The minimum atomic E-state index is 0.767. The Hall–Kier alpha value is 0. The minimum absolute atomic E-state index is 0.767. The molecule has 0 spiro atoms. The highest BCUT2D eigenvalue weighted by molar-refractivity contribution is 5.16. The van der Waals surface area contributed by atoms with Crippen molar-refractivity contribution in [3.05, 3.63) is 0 Å². The summed E-state index contributed by atoms with van der Waals surface area (Å²) in [7, 11) is 0. The van der Waals surface area contributed by atoms with Crippen LogP contribution in [0.5, 0.6) is 0 Å². The fourth-order valence-corrected chi connectivity index (χ4v) is 3.40. The molecule has 0 aromatic heterocycles. The summed E-state index contributed by atoms with van der Waals surface area (Å²) in [6.07, 6.45) is 7.40. The molecule has 0 nitrogen and oxygen atoms in total. The van der Waals surface area contributed by atoms with E-state index in [2.05, 4.69) is 20.8 Å². The Labute approximate surface area is 70.4 Å². The zero-order valence-electron chi connectivity index (χ0n) is 8.11. The van der Waals surface area contributed by atoms with Gasteiger partial charge in [0.1, 0.15) is 0 Å². The van der Waals surface area contributed by atoms with Crippen LogP contribution in [0.3, 0.4) is 0 Å². The molecule has 0 aromatic rings. The molecule has 2 aliphatic rings. The number of rotatable bonds is 2. The Bertz CT molecular complexity index is 167. The van der Waals surface area contributed by atoms with Crippen molar-refractivity contribution in [2.75, 3.05) is 0 Å². The van der Waals surface area contributed by atoms with Crippen molar-refractivity contribution in [1.29, 1.82) is 0 Å². The average molecular weight is 152 g/mol. The maximum absolute atomic E-state index is 2.51. The molecule has 0 radical (unpaired) electrons. The number of hydrogen-bond donors (Lipinski definition) is 0. The molecule has 0 heterocycles. The summed E-state index contributed by atoms with van der Waals surface area (Å²) < 4.78 is 0. The molecular formula is C11H20. The van der Waals surface area contributed by atoms with E-state index in [-0.39, 0.29) is 0 Å². The van der Waals surface area contributed by atoms with Crippen molar-refractivity contribution in [3.63, 3.8) is 0 Å². The first-order valence-electron chi connectivity index (χ1n) is 5.12. The lowest BCUT2D eigenvalue weighted by Crippen LogP contribution is -2.10. The van der Waals surface area contributed by atoms with Crippen LogP contribution in [0.1, 0.15) is 52.9 Å². The SMILES string of the molecule is CCCC1CCC2(C)CC12C. The smallest absolute Gasteiger partial charge is 0.0238 e. The molecular weight excluding hydrogens is 132 g/mol. The van der Waals surface area contributed by atoms with Crippen LogP contribution in [0.4, 0.5) is 0 Å². The number of fused-ring (bicyclic) bond motifs is 1. The van der Waals surface area contributed by atoms with Gasteiger partial charge in [-0.2, -0.15) is 0 Å². The van der Waals surface area contributed by atoms with E-state index < -0.39 is 0 Å². The van der Waals surface area contributed by atoms with Crippen molar-refractivity contribution in [1.82, 2.24) is 0 Å². The molecule has 0 aromatic carbocycles. The van der Waals surface area contributed by atoms with Crippen molar-refractivity contribution < 1.29 is 0 Å². The monoisotopic (exact) mass is 152 g/mol. The lowest BCUT2D eigenvalue weighted by molar-refractivity contribution is 0.315. The van der Waals surface area contributed by atoms with Crippen LogP contribution < -0.4 is 0 Å². The van der Waals surface area contributed by atoms with Gasteiger partial charge < -0.3 is 0 Å². The molecule has 2 fully saturated rings. The molecule has 2 rings (SSSR count). The fourth-order valence-electron chi connectivity index (χ4n) is 3.40. The molecule has 0 bridgehead atoms. The Morgan fingerprint density at radius 2 is 2.09 bits per heavy atom. The zero-order chi connectivity index (χ0) is 8.11. The van der Waals surface area contributed by atoms with Crippen molar-refractivity contribution >= 4 is 0 Å². The van der Waals surface area contributed by atoms with Crippen molar-refractivity contribution in [3.8, 4) is 0 Å². The topological polar surface area (TPSA) is 0 Å². The van der Waals surface area contributed by atoms with Crippen molar-refractivity contribution in [2.45, 2.75) is 52.9 Å². The van der Waals surface area contributed by atoms with Gasteiger partial charge in [0.2, 0.25) is 0 Å². The van der Waals surface area contributed by atoms with Crippen LogP contribution in [0, 0.1) is 16.7 Å². The van der Waals surface area contributed by atoms with Gasteiger partial charge in [-0.15, -0.1) is 0 Å². The van der Waals surface area contributed by atoms with Crippen molar-refractivity contribution in [2.24, 2.45) is 16.7 Å². The predicted octanol–water partition coefficient (Wildman–Crippen LogP) is 3.61. The normalized spacial score (nSPS) is 54.3. The molecule has 0 saturated heterocycles. The van der Waals surface area contributed by atoms with E-state index >= 15 is 0 Å². The van der Waals surface area contributed by atoms with Crippen LogP contribution in [-0.2, 0) is 0 Å². The van der Waals surface area contributed by atoms with Gasteiger partial charge in [-0.05, 0) is 36.0 Å². The molecule has 3 unspecified atom stereocenters. The summed E-state index contributed by atoms with van der Waals surface area (Å²) in [6, 6.07) is 0. The van der Waals surface area contributed by atoms with Gasteiger partial charge in [-0.1, -0.05) is 33.6 Å². The third-order valence-corrected chi connectivity index (χ3v) is 4.59. The van der Waals surface area contributed by atoms with Gasteiger partial charge >= 0.3 is 0 Å². The molecule has 3 atom stereocenters. The highest BCUT2D eigenvalue weighted by Gasteiger charge is 2.67. The molecule has 0 amide bonds. The summed E-state index contributed by atoms with van der Waals surface area (Å²) >= 11 is 0. The van der Waals surface area contributed by atoms with E-state index in [9.17, 15) is 0 Å². The summed E-state index contributed by atoms with van der Waals surface area (Å²) in [6.45, 7) is 7.32. The number of hydrogen-bond acceptors (Lipinski definition) is 0. The first-order chi connectivity index (χ1) is 5.12. The Balaban J connectivity index is 2.06. The van der Waals surface area contributed by atoms with Crippen LogP contribution in [0.15, 0.2) is 0 Å². The van der Waals surface area contributed by atoms with E-state index in [1.54, 1.807) is 0 Å². The second-order valence-electron chi connectivity index (χ2n) is 5.18. The molecule has 0 heteroatoms. The lowest BCUT2D eigenvalue weighted by Gasteiger charge is -2.18. The Morgan fingerprint density at radius 3 is 2.45 bits per heavy atom. The molecule has 2 saturated carbocycles. The molecule has 0 aliphatic heterocycles.